The Bertz CT molecular complexity index is 2470. The summed E-state index contributed by atoms with van der Waals surface area (Å²) in [6, 6.07) is 13.4. The van der Waals surface area contributed by atoms with Gasteiger partial charge in [0.1, 0.15) is 34.2 Å². The molecule has 5 heteroatoms. The van der Waals surface area contributed by atoms with E-state index in [0.29, 0.717) is 27.5 Å². The zero-order chi connectivity index (χ0) is 37.0. The summed E-state index contributed by atoms with van der Waals surface area (Å²) in [5.74, 6) is -1.54. The number of furan rings is 1. The average molecular weight is 551 g/mol. The number of phenols is 3. The smallest absolute Gasteiger partial charge is 0.143 e. The van der Waals surface area contributed by atoms with E-state index in [1.807, 2.05) is 0 Å². The minimum Gasteiger partial charge on any atom is -0.507 e. The number of hydrogen-bond donors (Lipinski definition) is 3. The molecule has 1 heterocycles. The van der Waals surface area contributed by atoms with Crippen LogP contribution in [-0.4, -0.2) is 15.3 Å². The van der Waals surface area contributed by atoms with Gasteiger partial charge in [0.15, 0.2) is 0 Å². The molecule has 0 aliphatic rings. The predicted molar refractivity (Wildman–Crippen MR) is 161 cm³/mol. The van der Waals surface area contributed by atoms with Crippen molar-refractivity contribution in [3.8, 4) is 50.6 Å². The van der Waals surface area contributed by atoms with Crippen molar-refractivity contribution in [1.82, 2.24) is 0 Å². The molecule has 7 rings (SSSR count). The van der Waals surface area contributed by atoms with Crippen LogP contribution in [0.1, 0.15) is 13.7 Å². The van der Waals surface area contributed by atoms with Crippen molar-refractivity contribution < 1.29 is 37.8 Å². The summed E-state index contributed by atoms with van der Waals surface area (Å²) in [5.41, 5.74) is 0.518. The second-order valence-electron chi connectivity index (χ2n) is 8.77. The number of hydrogen-bond acceptors (Lipinski definition) is 4. The molecular formula is C36H25FO4. The summed E-state index contributed by atoms with van der Waals surface area (Å²) in [6.45, 7) is 0. The third-order valence-electron chi connectivity index (χ3n) is 6.33. The summed E-state index contributed by atoms with van der Waals surface area (Å²) in [5, 5.41) is 31.2. The van der Waals surface area contributed by atoms with Crippen molar-refractivity contribution in [3.05, 3.63) is 139 Å². The first kappa shape index (κ1) is 16.5. The van der Waals surface area contributed by atoms with E-state index < -0.39 is 54.2 Å². The quantitative estimate of drug-likeness (QED) is 0.205. The lowest BCUT2D eigenvalue weighted by Gasteiger charge is -2.11. The van der Waals surface area contributed by atoms with Crippen LogP contribution in [0.2, 0.25) is 0 Å². The third-order valence-corrected chi connectivity index (χ3v) is 6.33. The van der Waals surface area contributed by atoms with Gasteiger partial charge in [-0.15, -0.1) is 0 Å². The zero-order valence-corrected chi connectivity index (χ0v) is 21.1. The lowest BCUT2D eigenvalue weighted by atomic mass is 9.97. The molecule has 0 amide bonds. The molecule has 0 aliphatic carbocycles. The standard InChI is InChI=1S/C18H13FO2.C18H12O2/c19-18-13(12-6-2-1-3-7-12)8-4-9-14(18)17-15(20)10-5-11-16(17)21;19-15-10-5-11-16-17(15)14-9-4-8-13(18(14)20-16)12-6-2-1-3-7-12/h1-11,20-21H;1-11,19H/i2*1D,2D,3D,6D,7D. The maximum atomic E-state index is 15.2. The van der Waals surface area contributed by atoms with E-state index in [9.17, 15) is 15.3 Å². The van der Waals surface area contributed by atoms with E-state index in [4.69, 9.17) is 18.1 Å². The first-order valence-electron chi connectivity index (χ1n) is 17.2. The summed E-state index contributed by atoms with van der Waals surface area (Å²) in [7, 11) is 0. The molecule has 0 fully saturated rings. The number of halogens is 1. The van der Waals surface area contributed by atoms with Crippen LogP contribution in [0.15, 0.2) is 138 Å². The first-order valence-corrected chi connectivity index (χ1v) is 12.2. The second-order valence-corrected chi connectivity index (χ2v) is 8.77. The van der Waals surface area contributed by atoms with Crippen molar-refractivity contribution >= 4 is 21.9 Å². The molecule has 0 spiro atoms. The van der Waals surface area contributed by atoms with E-state index in [0.717, 1.165) is 0 Å². The highest BCUT2D eigenvalue weighted by molar-refractivity contribution is 6.12. The molecule has 7 aromatic rings. The summed E-state index contributed by atoms with van der Waals surface area (Å²) in [6.07, 6.45) is 0. The van der Waals surface area contributed by atoms with Crippen molar-refractivity contribution in [2.45, 2.75) is 0 Å². The van der Waals surface area contributed by atoms with E-state index in [2.05, 4.69) is 0 Å². The van der Waals surface area contributed by atoms with E-state index in [-0.39, 0.29) is 57.2 Å². The minimum absolute atomic E-state index is 0.0643. The van der Waals surface area contributed by atoms with Crippen LogP contribution >= 0.6 is 0 Å². The van der Waals surface area contributed by atoms with Gasteiger partial charge in [-0.1, -0.05) is 109 Å². The average Bonchev–Trinajstić information content (AvgIpc) is 3.50. The van der Waals surface area contributed by atoms with Crippen molar-refractivity contribution in [3.63, 3.8) is 0 Å². The van der Waals surface area contributed by atoms with Crippen molar-refractivity contribution in [1.29, 1.82) is 0 Å². The van der Waals surface area contributed by atoms with Gasteiger partial charge < -0.3 is 19.7 Å². The highest BCUT2D eigenvalue weighted by Gasteiger charge is 2.17. The molecule has 6 aromatic carbocycles. The van der Waals surface area contributed by atoms with Gasteiger partial charge in [0.2, 0.25) is 0 Å². The largest absolute Gasteiger partial charge is 0.507 e. The molecule has 3 N–H and O–H groups in total. The predicted octanol–water partition coefficient (Wildman–Crippen LogP) is 9.53. The number of para-hydroxylation sites is 1. The molecular weight excluding hydrogens is 515 g/mol. The fourth-order valence-corrected chi connectivity index (χ4v) is 4.52. The molecule has 41 heavy (non-hydrogen) atoms. The number of aromatic hydroxyl groups is 3. The van der Waals surface area contributed by atoms with Gasteiger partial charge in [-0.3, -0.25) is 0 Å². The monoisotopic (exact) mass is 550 g/mol. The fourth-order valence-electron chi connectivity index (χ4n) is 4.52. The van der Waals surface area contributed by atoms with Gasteiger partial charge >= 0.3 is 0 Å². The van der Waals surface area contributed by atoms with Crippen molar-refractivity contribution in [2.75, 3.05) is 0 Å². The maximum absolute atomic E-state index is 15.2. The maximum Gasteiger partial charge on any atom is 0.143 e. The Morgan fingerprint density at radius 3 is 1.76 bits per heavy atom. The van der Waals surface area contributed by atoms with Crippen LogP contribution in [0.25, 0.3) is 55.3 Å². The van der Waals surface area contributed by atoms with Gasteiger partial charge in [0.25, 0.3) is 0 Å². The van der Waals surface area contributed by atoms with Gasteiger partial charge in [-0.2, -0.15) is 0 Å². The van der Waals surface area contributed by atoms with Gasteiger partial charge in [-0.05, 0) is 35.4 Å². The molecule has 0 bridgehead atoms. The molecule has 0 atom stereocenters. The van der Waals surface area contributed by atoms with Crippen LogP contribution in [-0.2, 0) is 0 Å². The molecule has 1 aromatic heterocycles. The molecule has 0 radical (unpaired) electrons. The summed E-state index contributed by atoms with van der Waals surface area (Å²) >= 11 is 0. The van der Waals surface area contributed by atoms with Crippen molar-refractivity contribution in [2.24, 2.45) is 0 Å². The van der Waals surface area contributed by atoms with E-state index in [1.165, 1.54) is 36.4 Å². The molecule has 200 valence electrons. The zero-order valence-electron chi connectivity index (χ0n) is 31.1. The third kappa shape index (κ3) is 4.85. The number of rotatable bonds is 3. The van der Waals surface area contributed by atoms with E-state index in [1.54, 1.807) is 36.4 Å². The Morgan fingerprint density at radius 2 is 1.07 bits per heavy atom. The highest BCUT2D eigenvalue weighted by Crippen LogP contribution is 2.41. The first-order chi connectivity index (χ1) is 24.2. The lowest BCUT2D eigenvalue weighted by molar-refractivity contribution is 0.453. The SMILES string of the molecule is [2H]c1c([2H])c([2H])c(-c2cccc(-c3c(O)cccc3O)c2F)c([2H])c1[2H].[2H]c1c([2H])c([2H])c(-c2cccc3c2oc2cccc(O)c23)c([2H])c1[2H]. The Kier molecular flexibility index (Phi) is 4.40. The highest BCUT2D eigenvalue weighted by atomic mass is 19.1. The van der Waals surface area contributed by atoms with Crippen LogP contribution in [0.4, 0.5) is 4.39 Å². The van der Waals surface area contributed by atoms with Crippen LogP contribution in [0.5, 0.6) is 17.2 Å². The summed E-state index contributed by atoms with van der Waals surface area (Å²) < 4.78 is 99.8. The molecule has 0 saturated heterocycles. The Morgan fingerprint density at radius 1 is 0.561 bits per heavy atom. The molecule has 0 aliphatic heterocycles. The molecule has 4 nitrogen and oxygen atoms in total. The van der Waals surface area contributed by atoms with Crippen LogP contribution in [0.3, 0.4) is 0 Å². The number of fused-ring (bicyclic) bond motifs is 3. The topological polar surface area (TPSA) is 73.8 Å². The van der Waals surface area contributed by atoms with Crippen LogP contribution in [0, 0.1) is 5.82 Å². The Labute approximate surface area is 249 Å². The number of benzene rings is 6. The second kappa shape index (κ2) is 10.9. The molecule has 0 unspecified atom stereocenters. The van der Waals surface area contributed by atoms with Gasteiger partial charge in [0.05, 0.1) is 24.7 Å². The fraction of sp³-hybridized carbons (Fsp3) is 0. The van der Waals surface area contributed by atoms with Gasteiger partial charge in [0, 0.05) is 22.1 Å². The summed E-state index contributed by atoms with van der Waals surface area (Å²) in [4.78, 5) is 0. The minimum atomic E-state index is -0.914. The van der Waals surface area contributed by atoms with Crippen LogP contribution < -0.4 is 0 Å². The normalized spacial score (nSPS) is 14.3. The Balaban J connectivity index is 0.000000176. The number of phenolic OH excluding ortho intramolecular Hbond substituents is 3. The molecule has 0 saturated carbocycles. The lowest BCUT2D eigenvalue weighted by Crippen LogP contribution is -1.90. The van der Waals surface area contributed by atoms with Gasteiger partial charge in [-0.25, -0.2) is 4.39 Å². The van der Waals surface area contributed by atoms with E-state index >= 15 is 4.39 Å². The Hall–Kier alpha value is -5.55.